The molecular formula is C23H28Cl3N3O4S. The minimum atomic E-state index is -3.83. The number of hydrogen-bond acceptors (Lipinski definition) is 4. The van der Waals surface area contributed by atoms with Crippen molar-refractivity contribution < 1.29 is 18.0 Å². The summed E-state index contributed by atoms with van der Waals surface area (Å²) in [7, 11) is -3.83. The number of rotatable bonds is 10. The number of sulfonamides is 1. The van der Waals surface area contributed by atoms with Gasteiger partial charge in [0, 0.05) is 28.2 Å². The van der Waals surface area contributed by atoms with Crippen LogP contribution in [0.25, 0.3) is 0 Å². The Balaban J connectivity index is 2.40. The van der Waals surface area contributed by atoms with Crippen LogP contribution in [0.3, 0.4) is 0 Å². The van der Waals surface area contributed by atoms with E-state index in [2.05, 4.69) is 5.32 Å². The standard InChI is InChI=1S/C23H28Cl3N3O4S/c1-15(2)12-27-23(31)16(3)28(13-17-8-9-19(25)11-21(17)26)22(30)14-29(34(4,32)33)20-7-5-6-18(24)10-20/h5-11,15-16H,12-14H2,1-4H3,(H,27,31)/t16-/m0/s1. The van der Waals surface area contributed by atoms with E-state index in [-0.39, 0.29) is 24.1 Å². The molecule has 11 heteroatoms. The first-order chi connectivity index (χ1) is 15.8. The predicted octanol–water partition coefficient (Wildman–Crippen LogP) is 4.60. The summed E-state index contributed by atoms with van der Waals surface area (Å²) in [6.07, 6.45) is 1.00. The summed E-state index contributed by atoms with van der Waals surface area (Å²) in [5.41, 5.74) is 0.807. The second kappa shape index (κ2) is 12.1. The summed E-state index contributed by atoms with van der Waals surface area (Å²) in [4.78, 5) is 27.6. The lowest BCUT2D eigenvalue weighted by Crippen LogP contribution is -2.51. The van der Waals surface area contributed by atoms with Crippen molar-refractivity contribution in [3.63, 3.8) is 0 Å². The Kier molecular flexibility index (Phi) is 10.1. The summed E-state index contributed by atoms with van der Waals surface area (Å²) in [5.74, 6) is -0.723. The van der Waals surface area contributed by atoms with E-state index in [9.17, 15) is 18.0 Å². The summed E-state index contributed by atoms with van der Waals surface area (Å²) >= 11 is 18.3. The molecule has 0 saturated carbocycles. The lowest BCUT2D eigenvalue weighted by atomic mass is 10.1. The number of anilines is 1. The van der Waals surface area contributed by atoms with Crippen LogP contribution in [-0.4, -0.2) is 50.5 Å². The fourth-order valence-electron chi connectivity index (χ4n) is 3.11. The number of hydrogen-bond donors (Lipinski definition) is 1. The molecule has 7 nitrogen and oxygen atoms in total. The largest absolute Gasteiger partial charge is 0.354 e. The third kappa shape index (κ3) is 8.05. The van der Waals surface area contributed by atoms with Crippen LogP contribution in [0.2, 0.25) is 15.1 Å². The van der Waals surface area contributed by atoms with Crippen molar-refractivity contribution in [3.05, 3.63) is 63.1 Å². The molecule has 0 aliphatic carbocycles. The van der Waals surface area contributed by atoms with Gasteiger partial charge in [0.2, 0.25) is 21.8 Å². The van der Waals surface area contributed by atoms with Crippen molar-refractivity contribution in [1.29, 1.82) is 0 Å². The van der Waals surface area contributed by atoms with E-state index in [0.29, 0.717) is 27.2 Å². The lowest BCUT2D eigenvalue weighted by molar-refractivity contribution is -0.139. The van der Waals surface area contributed by atoms with Crippen molar-refractivity contribution in [2.75, 3.05) is 23.7 Å². The number of amides is 2. The molecule has 1 N–H and O–H groups in total. The Labute approximate surface area is 216 Å². The highest BCUT2D eigenvalue weighted by Gasteiger charge is 2.30. The molecule has 2 rings (SSSR count). The number of carbonyl (C=O) groups excluding carboxylic acids is 2. The Morgan fingerprint density at radius 3 is 2.21 bits per heavy atom. The van der Waals surface area contributed by atoms with Gasteiger partial charge < -0.3 is 10.2 Å². The molecule has 0 radical (unpaired) electrons. The van der Waals surface area contributed by atoms with Gasteiger partial charge in [-0.15, -0.1) is 0 Å². The van der Waals surface area contributed by atoms with Crippen LogP contribution >= 0.6 is 34.8 Å². The molecule has 2 aromatic rings. The summed E-state index contributed by atoms with van der Waals surface area (Å²) < 4.78 is 26.0. The van der Waals surface area contributed by atoms with Crippen LogP contribution in [0, 0.1) is 5.92 Å². The van der Waals surface area contributed by atoms with Gasteiger partial charge in [0.05, 0.1) is 11.9 Å². The molecule has 1 atom stereocenters. The van der Waals surface area contributed by atoms with Crippen molar-refractivity contribution in [2.24, 2.45) is 5.92 Å². The third-order valence-electron chi connectivity index (χ3n) is 4.98. The number of benzene rings is 2. The first-order valence-corrected chi connectivity index (χ1v) is 13.5. The minimum absolute atomic E-state index is 0.0156. The van der Waals surface area contributed by atoms with E-state index in [1.807, 2.05) is 13.8 Å². The molecule has 0 bridgehead atoms. The highest BCUT2D eigenvalue weighted by atomic mass is 35.5. The Morgan fingerprint density at radius 2 is 1.65 bits per heavy atom. The first-order valence-electron chi connectivity index (χ1n) is 10.5. The van der Waals surface area contributed by atoms with Crippen molar-refractivity contribution in [2.45, 2.75) is 33.4 Å². The van der Waals surface area contributed by atoms with Gasteiger partial charge in [-0.3, -0.25) is 13.9 Å². The Bertz CT molecular complexity index is 1140. The maximum Gasteiger partial charge on any atom is 0.244 e. The molecule has 2 amide bonds. The van der Waals surface area contributed by atoms with Crippen LogP contribution in [0.4, 0.5) is 5.69 Å². The minimum Gasteiger partial charge on any atom is -0.354 e. The van der Waals surface area contributed by atoms with Crippen LogP contribution < -0.4 is 9.62 Å². The van der Waals surface area contributed by atoms with E-state index in [4.69, 9.17) is 34.8 Å². The van der Waals surface area contributed by atoms with Gasteiger partial charge in [-0.05, 0) is 48.7 Å². The number of nitrogens with one attached hydrogen (secondary N) is 1. The first kappa shape index (κ1) is 28.2. The second-order valence-electron chi connectivity index (χ2n) is 8.32. The molecule has 0 aliphatic heterocycles. The normalized spacial score (nSPS) is 12.4. The predicted molar refractivity (Wildman–Crippen MR) is 138 cm³/mol. The van der Waals surface area contributed by atoms with Gasteiger partial charge >= 0.3 is 0 Å². The van der Waals surface area contributed by atoms with Gasteiger partial charge in [-0.1, -0.05) is 60.8 Å². The summed E-state index contributed by atoms with van der Waals surface area (Å²) in [6.45, 7) is 5.39. The molecule has 0 heterocycles. The topological polar surface area (TPSA) is 86.8 Å². The van der Waals surface area contributed by atoms with Gasteiger partial charge in [-0.25, -0.2) is 8.42 Å². The molecule has 0 spiro atoms. The van der Waals surface area contributed by atoms with Crippen molar-refractivity contribution in [1.82, 2.24) is 10.2 Å². The summed E-state index contributed by atoms with van der Waals surface area (Å²) in [5, 5.41) is 3.89. The second-order valence-corrected chi connectivity index (χ2v) is 11.5. The molecule has 0 fully saturated rings. The van der Waals surface area contributed by atoms with Crippen molar-refractivity contribution in [3.8, 4) is 0 Å². The molecule has 0 aliphatic rings. The molecule has 0 saturated heterocycles. The molecule has 0 aromatic heterocycles. The van der Waals surface area contributed by atoms with Gasteiger partial charge in [0.1, 0.15) is 12.6 Å². The quantitative estimate of drug-likeness (QED) is 0.470. The zero-order chi connectivity index (χ0) is 25.6. The van der Waals surface area contributed by atoms with Crippen molar-refractivity contribution >= 4 is 62.3 Å². The van der Waals surface area contributed by atoms with E-state index in [1.165, 1.54) is 11.0 Å². The molecular weight excluding hydrogens is 521 g/mol. The van der Waals surface area contributed by atoms with Crippen LogP contribution in [0.5, 0.6) is 0 Å². The average molecular weight is 549 g/mol. The highest BCUT2D eigenvalue weighted by Crippen LogP contribution is 2.25. The molecule has 2 aromatic carbocycles. The average Bonchev–Trinajstić information content (AvgIpc) is 2.73. The lowest BCUT2D eigenvalue weighted by Gasteiger charge is -2.32. The molecule has 186 valence electrons. The highest BCUT2D eigenvalue weighted by molar-refractivity contribution is 7.92. The Morgan fingerprint density at radius 1 is 1.00 bits per heavy atom. The maximum absolute atomic E-state index is 13.5. The third-order valence-corrected chi connectivity index (χ3v) is 6.95. The van der Waals surface area contributed by atoms with Gasteiger partial charge in [0.15, 0.2) is 0 Å². The zero-order valence-electron chi connectivity index (χ0n) is 19.4. The monoisotopic (exact) mass is 547 g/mol. The number of carbonyl (C=O) groups is 2. The smallest absolute Gasteiger partial charge is 0.244 e. The number of halogens is 3. The maximum atomic E-state index is 13.5. The Hall–Kier alpha value is -2.00. The molecule has 0 unspecified atom stereocenters. The van der Waals surface area contributed by atoms with E-state index in [0.717, 1.165) is 10.6 Å². The SMILES string of the molecule is CC(C)CNC(=O)[C@H](C)N(Cc1ccc(Cl)cc1Cl)C(=O)CN(c1cccc(Cl)c1)S(C)(=O)=O. The summed E-state index contributed by atoms with van der Waals surface area (Å²) in [6, 6.07) is 10.1. The fourth-order valence-corrected chi connectivity index (χ4v) is 4.61. The van der Waals surface area contributed by atoms with Crippen LogP contribution in [0.1, 0.15) is 26.3 Å². The van der Waals surface area contributed by atoms with Crippen LogP contribution in [-0.2, 0) is 26.2 Å². The van der Waals surface area contributed by atoms with Gasteiger partial charge in [-0.2, -0.15) is 0 Å². The van der Waals surface area contributed by atoms with E-state index < -0.39 is 28.5 Å². The fraction of sp³-hybridized carbons (Fsp3) is 0.391. The zero-order valence-corrected chi connectivity index (χ0v) is 22.5. The van der Waals surface area contributed by atoms with E-state index in [1.54, 1.807) is 43.3 Å². The van der Waals surface area contributed by atoms with E-state index >= 15 is 0 Å². The molecule has 34 heavy (non-hydrogen) atoms. The van der Waals surface area contributed by atoms with Gasteiger partial charge in [0.25, 0.3) is 0 Å². The van der Waals surface area contributed by atoms with Crippen LogP contribution in [0.15, 0.2) is 42.5 Å². The number of nitrogens with zero attached hydrogens (tertiary/aromatic N) is 2.